The molecule has 1 aromatic carbocycles. The molecular weight excluding hydrogens is 500 g/mol. The molecule has 0 unspecified atom stereocenters. The monoisotopic (exact) mass is 538 g/mol. The Morgan fingerprint density at radius 2 is 1.66 bits per heavy atom. The lowest BCUT2D eigenvalue weighted by molar-refractivity contribution is -0.132. The van der Waals surface area contributed by atoms with Crippen LogP contribution in [0.4, 0.5) is 0 Å². The van der Waals surface area contributed by atoms with Gasteiger partial charge in [0, 0.05) is 53.2 Å². The molecule has 1 N–H and O–H groups in total. The van der Waals surface area contributed by atoms with Gasteiger partial charge in [0.25, 0.3) is 0 Å². The van der Waals surface area contributed by atoms with E-state index in [-0.39, 0.29) is 29.1 Å². The molecule has 3 heterocycles. The third-order valence-electron chi connectivity index (χ3n) is 7.14. The summed E-state index contributed by atoms with van der Waals surface area (Å²) in [5, 5.41) is 10.2. The van der Waals surface area contributed by atoms with E-state index in [1.54, 1.807) is 18.4 Å². The van der Waals surface area contributed by atoms with E-state index in [0.717, 1.165) is 29.2 Å². The van der Waals surface area contributed by atoms with Crippen molar-refractivity contribution in [1.82, 2.24) is 19.4 Å². The Balaban J connectivity index is 1.50. The molecule has 1 fully saturated rings. The predicted molar refractivity (Wildman–Crippen MR) is 149 cm³/mol. The zero-order chi connectivity index (χ0) is 27.8. The summed E-state index contributed by atoms with van der Waals surface area (Å²) in [6, 6.07) is 4.44. The number of rotatable bonds is 6. The molecule has 1 amide bonds. The number of hydrogen-bond acceptors (Lipinski definition) is 6. The molecule has 0 spiro atoms. The largest absolute Gasteiger partial charge is 0.496 e. The fraction of sp³-hybridized carbons (Fsp3) is 0.517. The van der Waals surface area contributed by atoms with E-state index in [2.05, 4.69) is 58.7 Å². The number of piperidine rings is 1. The number of hydrogen-bond donors (Lipinski definition) is 1. The Bertz CT molecular complexity index is 1290. The van der Waals surface area contributed by atoms with E-state index in [9.17, 15) is 14.7 Å². The zero-order valence-corrected chi connectivity index (χ0v) is 24.2. The van der Waals surface area contributed by atoms with Gasteiger partial charge in [0.05, 0.1) is 7.11 Å². The van der Waals surface area contributed by atoms with E-state index < -0.39 is 5.97 Å². The molecule has 0 saturated carbocycles. The number of carboxylic acid groups (broad SMARTS) is 1. The predicted octanol–water partition coefficient (Wildman–Crippen LogP) is 5.71. The first-order valence-corrected chi connectivity index (χ1v) is 13.8. The van der Waals surface area contributed by atoms with Crippen LogP contribution in [0.1, 0.15) is 86.9 Å². The average molecular weight is 539 g/mol. The van der Waals surface area contributed by atoms with E-state index in [0.29, 0.717) is 19.0 Å². The van der Waals surface area contributed by atoms with Gasteiger partial charge in [0.1, 0.15) is 17.3 Å². The third kappa shape index (κ3) is 5.77. The third-order valence-corrected chi connectivity index (χ3v) is 8.35. The van der Waals surface area contributed by atoms with Crippen LogP contribution in [0.5, 0.6) is 5.75 Å². The van der Waals surface area contributed by atoms with Crippen molar-refractivity contribution in [3.63, 3.8) is 0 Å². The molecule has 1 aliphatic rings. The van der Waals surface area contributed by atoms with E-state index in [1.165, 1.54) is 33.0 Å². The van der Waals surface area contributed by atoms with Gasteiger partial charge in [-0.3, -0.25) is 4.79 Å². The van der Waals surface area contributed by atoms with Crippen LogP contribution < -0.4 is 4.74 Å². The topological polar surface area (TPSA) is 97.5 Å². The normalized spacial score (nSPS) is 15.1. The second kappa shape index (κ2) is 10.5. The van der Waals surface area contributed by atoms with Crippen molar-refractivity contribution in [2.75, 3.05) is 20.2 Å². The maximum absolute atomic E-state index is 12.8. The number of methoxy groups -OCH3 is 1. The van der Waals surface area contributed by atoms with Crippen molar-refractivity contribution in [3.05, 3.63) is 52.6 Å². The summed E-state index contributed by atoms with van der Waals surface area (Å²) >= 11 is 1.73. The van der Waals surface area contributed by atoms with Gasteiger partial charge in [-0.25, -0.2) is 14.8 Å². The lowest BCUT2D eigenvalue weighted by atomic mass is 9.78. The van der Waals surface area contributed by atoms with Crippen LogP contribution in [0.15, 0.2) is 30.7 Å². The molecule has 8 nitrogen and oxygen atoms in total. The number of carbonyl (C=O) groups excluding carboxylic acids is 1. The Labute approximate surface area is 228 Å². The number of aromatic nitrogens is 3. The Kier molecular flexibility index (Phi) is 7.70. The Hall–Kier alpha value is -3.20. The average Bonchev–Trinajstić information content (AvgIpc) is 3.52. The summed E-state index contributed by atoms with van der Waals surface area (Å²) in [5.74, 6) is -0.0438. The maximum Gasteiger partial charge on any atom is 0.372 e. The van der Waals surface area contributed by atoms with Crippen LogP contribution in [0.2, 0.25) is 0 Å². The van der Waals surface area contributed by atoms with Gasteiger partial charge < -0.3 is 19.3 Å². The van der Waals surface area contributed by atoms with Crippen LogP contribution in [-0.4, -0.2) is 56.6 Å². The number of likely N-dealkylation sites (tertiary alicyclic amines) is 1. The molecule has 3 aromatic rings. The fourth-order valence-electron chi connectivity index (χ4n) is 4.99. The van der Waals surface area contributed by atoms with Gasteiger partial charge in [-0.15, -0.1) is 11.3 Å². The van der Waals surface area contributed by atoms with Crippen LogP contribution in [-0.2, 0) is 22.2 Å². The highest BCUT2D eigenvalue weighted by Gasteiger charge is 2.30. The van der Waals surface area contributed by atoms with Gasteiger partial charge in [0.2, 0.25) is 11.7 Å². The molecular formula is C29H38N4O4S. The molecule has 0 radical (unpaired) electrons. The summed E-state index contributed by atoms with van der Waals surface area (Å²) < 4.78 is 7.31. The molecule has 4 rings (SSSR count). The van der Waals surface area contributed by atoms with Gasteiger partial charge >= 0.3 is 5.97 Å². The van der Waals surface area contributed by atoms with Crippen LogP contribution in [0, 0.1) is 0 Å². The lowest BCUT2D eigenvalue weighted by Gasteiger charge is -2.31. The van der Waals surface area contributed by atoms with Gasteiger partial charge in [-0.05, 0) is 41.7 Å². The molecule has 1 saturated heterocycles. The maximum atomic E-state index is 12.8. The van der Waals surface area contributed by atoms with Crippen molar-refractivity contribution >= 4 is 23.2 Å². The van der Waals surface area contributed by atoms with Crippen molar-refractivity contribution < 1.29 is 19.4 Å². The number of imidazole rings is 1. The number of benzene rings is 1. The Morgan fingerprint density at radius 3 is 2.18 bits per heavy atom. The molecule has 0 bridgehead atoms. The van der Waals surface area contributed by atoms with Crippen molar-refractivity contribution in [1.29, 1.82) is 0 Å². The first-order valence-electron chi connectivity index (χ1n) is 13.0. The van der Waals surface area contributed by atoms with Gasteiger partial charge in [-0.2, -0.15) is 0 Å². The number of thiazole rings is 1. The van der Waals surface area contributed by atoms with Crippen molar-refractivity contribution in [2.24, 2.45) is 0 Å². The molecule has 1 aliphatic heterocycles. The number of amides is 1. The second-order valence-electron chi connectivity index (χ2n) is 12.0. The Morgan fingerprint density at radius 1 is 1.05 bits per heavy atom. The molecule has 9 heteroatoms. The number of aromatic carboxylic acids is 1. The molecule has 0 aliphatic carbocycles. The number of ether oxygens (including phenoxy) is 1. The molecule has 38 heavy (non-hydrogen) atoms. The van der Waals surface area contributed by atoms with Crippen molar-refractivity contribution in [2.45, 2.75) is 77.7 Å². The van der Waals surface area contributed by atoms with Crippen LogP contribution in [0.25, 0.3) is 10.6 Å². The first kappa shape index (κ1) is 27.8. The number of carboxylic acids is 1. The summed E-state index contributed by atoms with van der Waals surface area (Å²) in [6.07, 6.45) is 6.63. The summed E-state index contributed by atoms with van der Waals surface area (Å²) in [7, 11) is 1.75. The minimum atomic E-state index is -1.14. The van der Waals surface area contributed by atoms with Crippen molar-refractivity contribution in [3.8, 4) is 16.3 Å². The standard InChI is InChI=1S/C29H38N4O4S/c1-28(2,3)20-14-19(15-21(24(20)37-7)29(4,5)6)26-31-16-22(38-26)18-8-11-32(12-9-18)23(34)17-33-13-10-30-25(33)27(35)36/h10,13-16,18H,8-9,11-12,17H2,1-7H3,(H,35,36). The second-order valence-corrected chi connectivity index (χ2v) is 13.1. The minimum absolute atomic E-state index is 0.0132. The summed E-state index contributed by atoms with van der Waals surface area (Å²) in [5.41, 5.74) is 3.30. The molecule has 2 aromatic heterocycles. The first-order chi connectivity index (χ1) is 17.8. The lowest BCUT2D eigenvalue weighted by Crippen LogP contribution is -2.39. The van der Waals surface area contributed by atoms with Gasteiger partial charge in [-0.1, -0.05) is 41.5 Å². The van der Waals surface area contributed by atoms with E-state index in [4.69, 9.17) is 9.72 Å². The van der Waals surface area contributed by atoms with E-state index in [1.807, 2.05) is 11.1 Å². The molecule has 204 valence electrons. The van der Waals surface area contributed by atoms with Gasteiger partial charge in [0.15, 0.2) is 0 Å². The highest BCUT2D eigenvalue weighted by molar-refractivity contribution is 7.15. The highest BCUT2D eigenvalue weighted by atomic mass is 32.1. The number of carbonyl (C=O) groups is 2. The quantitative estimate of drug-likeness (QED) is 0.431. The summed E-state index contributed by atoms with van der Waals surface area (Å²) in [6.45, 7) is 14.5. The zero-order valence-electron chi connectivity index (χ0n) is 23.4. The van der Waals surface area contributed by atoms with Crippen LogP contribution >= 0.6 is 11.3 Å². The highest BCUT2D eigenvalue weighted by Crippen LogP contribution is 2.44. The fourth-order valence-corrected chi connectivity index (χ4v) is 6.06. The molecule has 0 atom stereocenters. The minimum Gasteiger partial charge on any atom is -0.496 e. The SMILES string of the molecule is COc1c(C(C)(C)C)cc(-c2ncc(C3CCN(C(=O)Cn4ccnc4C(=O)O)CC3)s2)cc1C(C)(C)C. The van der Waals surface area contributed by atoms with Crippen LogP contribution in [0.3, 0.4) is 0 Å². The summed E-state index contributed by atoms with van der Waals surface area (Å²) in [4.78, 5) is 35.8. The smallest absolute Gasteiger partial charge is 0.372 e. The van der Waals surface area contributed by atoms with E-state index >= 15 is 0 Å². The number of nitrogens with zero attached hydrogens (tertiary/aromatic N) is 4.